The van der Waals surface area contributed by atoms with Gasteiger partial charge < -0.3 is 10.2 Å². The van der Waals surface area contributed by atoms with Crippen LogP contribution < -0.4 is 10.2 Å². The summed E-state index contributed by atoms with van der Waals surface area (Å²) >= 11 is 0. The molecule has 2 rings (SSSR count). The Kier molecular flexibility index (Phi) is 4.31. The first kappa shape index (κ1) is 12.3. The number of nitrogens with zero attached hydrogens (tertiary/aromatic N) is 3. The van der Waals surface area contributed by atoms with Crippen LogP contribution in [0.25, 0.3) is 0 Å². The molecule has 4 nitrogen and oxygen atoms in total. The highest BCUT2D eigenvalue weighted by atomic mass is 15.2. The van der Waals surface area contributed by atoms with E-state index in [2.05, 4.69) is 34.0 Å². The van der Waals surface area contributed by atoms with E-state index < -0.39 is 0 Å². The number of nitrogens with one attached hydrogen (secondary N) is 1. The number of aromatic nitrogens is 2. The van der Waals surface area contributed by atoms with Crippen LogP contribution in [0, 0.1) is 5.92 Å². The first-order valence-electron chi connectivity index (χ1n) is 6.55. The summed E-state index contributed by atoms with van der Waals surface area (Å²) in [5.74, 6) is 1.78. The molecule has 94 valence electrons. The van der Waals surface area contributed by atoms with Crippen molar-refractivity contribution in [2.24, 2.45) is 5.92 Å². The van der Waals surface area contributed by atoms with Gasteiger partial charge in [-0.15, -0.1) is 0 Å². The fourth-order valence-corrected chi connectivity index (χ4v) is 2.59. The minimum absolute atomic E-state index is 0.588. The van der Waals surface area contributed by atoms with Crippen molar-refractivity contribution in [3.05, 3.63) is 18.6 Å². The topological polar surface area (TPSA) is 41.0 Å². The van der Waals surface area contributed by atoms with E-state index in [0.717, 1.165) is 31.4 Å². The lowest BCUT2D eigenvalue weighted by atomic mass is 9.91. The molecule has 1 aromatic heterocycles. The van der Waals surface area contributed by atoms with Crippen LogP contribution in [0.15, 0.2) is 18.6 Å². The maximum atomic E-state index is 4.34. The highest BCUT2D eigenvalue weighted by Gasteiger charge is 2.24. The molecule has 1 aromatic rings. The van der Waals surface area contributed by atoms with Crippen molar-refractivity contribution < 1.29 is 0 Å². The van der Waals surface area contributed by atoms with Gasteiger partial charge in [0.1, 0.15) is 12.1 Å². The lowest BCUT2D eigenvalue weighted by Crippen LogP contribution is -2.44. The normalized spacial score (nSPS) is 22.5. The smallest absolute Gasteiger partial charge is 0.131 e. The molecule has 0 bridgehead atoms. The zero-order chi connectivity index (χ0) is 12.1. The molecule has 2 unspecified atom stereocenters. The number of anilines is 1. The molecule has 0 aliphatic carbocycles. The van der Waals surface area contributed by atoms with Gasteiger partial charge in [-0.25, -0.2) is 9.97 Å². The molecule has 17 heavy (non-hydrogen) atoms. The fraction of sp³-hybridized carbons (Fsp3) is 0.692. The molecule has 1 fully saturated rings. The minimum atomic E-state index is 0.588. The second kappa shape index (κ2) is 5.96. The number of rotatable bonds is 4. The molecule has 1 saturated heterocycles. The van der Waals surface area contributed by atoms with Crippen LogP contribution in [-0.4, -0.2) is 35.6 Å². The van der Waals surface area contributed by atoms with Gasteiger partial charge in [0.15, 0.2) is 0 Å². The second-order valence-corrected chi connectivity index (χ2v) is 4.76. The Balaban J connectivity index is 1.97. The van der Waals surface area contributed by atoms with Crippen LogP contribution in [0.1, 0.15) is 26.7 Å². The van der Waals surface area contributed by atoms with Gasteiger partial charge in [-0.3, -0.25) is 0 Å². The van der Waals surface area contributed by atoms with Crippen molar-refractivity contribution in [3.8, 4) is 0 Å². The van der Waals surface area contributed by atoms with Crippen molar-refractivity contribution in [2.45, 2.75) is 32.7 Å². The Bertz CT molecular complexity index is 327. The van der Waals surface area contributed by atoms with Crippen molar-refractivity contribution in [3.63, 3.8) is 0 Å². The summed E-state index contributed by atoms with van der Waals surface area (Å²) in [6.45, 7) is 7.72. The quantitative estimate of drug-likeness (QED) is 0.861. The molecule has 4 heteroatoms. The maximum absolute atomic E-state index is 4.34. The standard InChI is InChI=1S/C13H22N4/c1-3-15-11(2)12-5-4-8-17(9-12)13-6-7-14-10-16-13/h6-7,10-12,15H,3-5,8-9H2,1-2H3. The summed E-state index contributed by atoms with van der Waals surface area (Å²) in [7, 11) is 0. The lowest BCUT2D eigenvalue weighted by molar-refractivity contribution is 0.323. The molecular formula is C13H22N4. The second-order valence-electron chi connectivity index (χ2n) is 4.76. The molecule has 0 amide bonds. The Morgan fingerprint density at radius 1 is 1.59 bits per heavy atom. The molecule has 0 spiro atoms. The summed E-state index contributed by atoms with van der Waals surface area (Å²) in [6, 6.07) is 2.59. The Hall–Kier alpha value is -1.16. The number of piperidine rings is 1. The summed E-state index contributed by atoms with van der Waals surface area (Å²) in [5, 5.41) is 3.53. The fourth-order valence-electron chi connectivity index (χ4n) is 2.59. The van der Waals surface area contributed by atoms with Gasteiger partial charge in [0, 0.05) is 25.3 Å². The first-order valence-corrected chi connectivity index (χ1v) is 6.55. The van der Waals surface area contributed by atoms with E-state index in [1.54, 1.807) is 6.33 Å². The SMILES string of the molecule is CCNC(C)C1CCCN(c2ccncn2)C1. The third kappa shape index (κ3) is 3.16. The number of hydrogen-bond donors (Lipinski definition) is 1. The van der Waals surface area contributed by atoms with Crippen molar-refractivity contribution in [1.82, 2.24) is 15.3 Å². The van der Waals surface area contributed by atoms with Crippen molar-refractivity contribution in [2.75, 3.05) is 24.5 Å². The largest absolute Gasteiger partial charge is 0.356 e. The van der Waals surface area contributed by atoms with Crippen molar-refractivity contribution in [1.29, 1.82) is 0 Å². The summed E-state index contributed by atoms with van der Waals surface area (Å²) in [5.41, 5.74) is 0. The predicted molar refractivity (Wildman–Crippen MR) is 70.1 cm³/mol. The molecule has 0 saturated carbocycles. The Morgan fingerprint density at radius 3 is 3.18 bits per heavy atom. The molecule has 2 atom stereocenters. The van der Waals surface area contributed by atoms with Gasteiger partial charge in [-0.05, 0) is 38.3 Å². The minimum Gasteiger partial charge on any atom is -0.356 e. The summed E-state index contributed by atoms with van der Waals surface area (Å²) in [4.78, 5) is 10.7. The average Bonchev–Trinajstić information content (AvgIpc) is 2.40. The van der Waals surface area contributed by atoms with Gasteiger partial charge in [-0.2, -0.15) is 0 Å². The monoisotopic (exact) mass is 234 g/mol. The molecule has 1 aliphatic rings. The molecule has 0 radical (unpaired) electrons. The van der Waals surface area contributed by atoms with Gasteiger partial charge in [0.2, 0.25) is 0 Å². The van der Waals surface area contributed by atoms with E-state index in [0.29, 0.717) is 6.04 Å². The summed E-state index contributed by atoms with van der Waals surface area (Å²) < 4.78 is 0. The van der Waals surface area contributed by atoms with Crippen LogP contribution in [0.3, 0.4) is 0 Å². The Morgan fingerprint density at radius 2 is 2.47 bits per heavy atom. The van der Waals surface area contributed by atoms with Crippen LogP contribution in [-0.2, 0) is 0 Å². The third-order valence-corrected chi connectivity index (χ3v) is 3.58. The highest BCUT2D eigenvalue weighted by Crippen LogP contribution is 2.23. The van der Waals surface area contributed by atoms with Gasteiger partial charge in [-0.1, -0.05) is 6.92 Å². The average molecular weight is 234 g/mol. The van der Waals surface area contributed by atoms with E-state index in [1.807, 2.05) is 12.3 Å². The maximum Gasteiger partial charge on any atom is 0.131 e. The molecule has 2 heterocycles. The van der Waals surface area contributed by atoms with Gasteiger partial charge >= 0.3 is 0 Å². The van der Waals surface area contributed by atoms with E-state index in [1.165, 1.54) is 12.8 Å². The first-order chi connectivity index (χ1) is 8.31. The van der Waals surface area contributed by atoms with Gasteiger partial charge in [0.25, 0.3) is 0 Å². The number of hydrogen-bond acceptors (Lipinski definition) is 4. The van der Waals surface area contributed by atoms with E-state index in [-0.39, 0.29) is 0 Å². The Labute approximate surface area is 103 Å². The van der Waals surface area contributed by atoms with Crippen molar-refractivity contribution >= 4 is 5.82 Å². The van der Waals surface area contributed by atoms with Gasteiger partial charge in [0.05, 0.1) is 0 Å². The highest BCUT2D eigenvalue weighted by molar-refractivity contribution is 5.37. The van der Waals surface area contributed by atoms with Crippen LogP contribution in [0.4, 0.5) is 5.82 Å². The van der Waals surface area contributed by atoms with Crippen LogP contribution in [0.5, 0.6) is 0 Å². The summed E-state index contributed by atoms with van der Waals surface area (Å²) in [6.07, 6.45) is 6.02. The van der Waals surface area contributed by atoms with Crippen LogP contribution in [0.2, 0.25) is 0 Å². The van der Waals surface area contributed by atoms with E-state index >= 15 is 0 Å². The molecule has 1 N–H and O–H groups in total. The molecular weight excluding hydrogens is 212 g/mol. The molecule has 0 aromatic carbocycles. The predicted octanol–water partition coefficient (Wildman–Crippen LogP) is 1.69. The van der Waals surface area contributed by atoms with E-state index in [9.17, 15) is 0 Å². The zero-order valence-corrected chi connectivity index (χ0v) is 10.8. The van der Waals surface area contributed by atoms with E-state index in [4.69, 9.17) is 0 Å². The molecule has 1 aliphatic heterocycles. The third-order valence-electron chi connectivity index (χ3n) is 3.58. The lowest BCUT2D eigenvalue weighted by Gasteiger charge is -2.36. The van der Waals surface area contributed by atoms with Crippen LogP contribution >= 0.6 is 0 Å². The zero-order valence-electron chi connectivity index (χ0n) is 10.8.